The number of amides is 1. The van der Waals surface area contributed by atoms with Gasteiger partial charge in [-0.2, -0.15) is 11.8 Å². The minimum atomic E-state index is -0.668. The third kappa shape index (κ3) is 5.01. The van der Waals surface area contributed by atoms with Crippen LogP contribution in [0, 0.1) is 17.6 Å². The van der Waals surface area contributed by atoms with Gasteiger partial charge in [-0.05, 0) is 23.8 Å². The highest BCUT2D eigenvalue weighted by Gasteiger charge is 2.09. The highest BCUT2D eigenvalue weighted by molar-refractivity contribution is 7.99. The van der Waals surface area contributed by atoms with Crippen molar-refractivity contribution < 1.29 is 18.7 Å². The molecule has 100 valence electrons. The van der Waals surface area contributed by atoms with Gasteiger partial charge in [0.15, 0.2) is 0 Å². The highest BCUT2D eigenvalue weighted by Crippen LogP contribution is 2.16. The number of carbonyl (C=O) groups excluding carboxylic acids is 1. The number of benzene rings is 1. The molecule has 1 atom stereocenters. The molecule has 18 heavy (non-hydrogen) atoms. The van der Waals surface area contributed by atoms with E-state index in [0.29, 0.717) is 5.75 Å². The van der Waals surface area contributed by atoms with E-state index in [2.05, 4.69) is 5.32 Å². The van der Waals surface area contributed by atoms with Crippen molar-refractivity contribution in [1.82, 2.24) is 0 Å². The van der Waals surface area contributed by atoms with Gasteiger partial charge in [0, 0.05) is 12.7 Å². The van der Waals surface area contributed by atoms with E-state index in [1.165, 1.54) is 11.8 Å². The van der Waals surface area contributed by atoms with Gasteiger partial charge in [-0.1, -0.05) is 6.92 Å². The quantitative estimate of drug-likeness (QED) is 0.837. The van der Waals surface area contributed by atoms with Crippen molar-refractivity contribution >= 4 is 23.4 Å². The maximum absolute atomic E-state index is 13.2. The molecule has 0 radical (unpaired) electrons. The van der Waals surface area contributed by atoms with Gasteiger partial charge in [-0.15, -0.1) is 0 Å². The molecule has 0 saturated heterocycles. The Balaban J connectivity index is 2.42. The maximum atomic E-state index is 13.2. The predicted molar refractivity (Wildman–Crippen MR) is 68.6 cm³/mol. The molecule has 0 aromatic heterocycles. The average Bonchev–Trinajstić information content (AvgIpc) is 2.33. The number of aliphatic hydroxyl groups is 1. The van der Waals surface area contributed by atoms with Crippen molar-refractivity contribution in [3.05, 3.63) is 29.8 Å². The number of nitrogens with one attached hydrogen (secondary N) is 1. The molecule has 3 nitrogen and oxygen atoms in total. The molecule has 0 aliphatic rings. The first kappa shape index (κ1) is 14.9. The second-order valence-corrected chi connectivity index (χ2v) is 5.01. The summed E-state index contributed by atoms with van der Waals surface area (Å²) < 4.78 is 26.1. The molecule has 0 fully saturated rings. The molecule has 2 N–H and O–H groups in total. The van der Waals surface area contributed by atoms with Crippen LogP contribution in [0.15, 0.2) is 18.2 Å². The largest absolute Gasteiger partial charge is 0.396 e. The van der Waals surface area contributed by atoms with Crippen LogP contribution in [0.1, 0.15) is 6.92 Å². The summed E-state index contributed by atoms with van der Waals surface area (Å²) in [5.74, 6) is -0.786. The minimum Gasteiger partial charge on any atom is -0.396 e. The lowest BCUT2D eigenvalue weighted by Gasteiger charge is -2.08. The molecular formula is C12H15F2NO2S. The van der Waals surface area contributed by atoms with Crippen molar-refractivity contribution in [3.8, 4) is 0 Å². The molecule has 0 bridgehead atoms. The molecule has 0 saturated carbocycles. The fourth-order valence-electron chi connectivity index (χ4n) is 1.19. The van der Waals surface area contributed by atoms with E-state index in [-0.39, 0.29) is 24.0 Å². The number of rotatable bonds is 6. The predicted octanol–water partition coefficient (Wildman–Crippen LogP) is 2.26. The van der Waals surface area contributed by atoms with E-state index >= 15 is 0 Å². The van der Waals surface area contributed by atoms with Gasteiger partial charge < -0.3 is 10.4 Å². The van der Waals surface area contributed by atoms with E-state index in [9.17, 15) is 13.6 Å². The van der Waals surface area contributed by atoms with Crippen molar-refractivity contribution in [2.75, 3.05) is 23.4 Å². The third-order valence-electron chi connectivity index (χ3n) is 2.15. The van der Waals surface area contributed by atoms with Crippen LogP contribution >= 0.6 is 11.8 Å². The van der Waals surface area contributed by atoms with Crippen molar-refractivity contribution in [2.24, 2.45) is 5.92 Å². The standard InChI is InChI=1S/C12H15F2NO2S/c1-8(5-16)6-18-7-12(17)15-11-4-9(13)2-3-10(11)14/h2-4,8,16H,5-7H2,1H3,(H,15,17). The van der Waals surface area contributed by atoms with Crippen molar-refractivity contribution in [3.63, 3.8) is 0 Å². The number of anilines is 1. The molecule has 1 unspecified atom stereocenters. The lowest BCUT2D eigenvalue weighted by atomic mass is 10.2. The van der Waals surface area contributed by atoms with Gasteiger partial charge in [0.05, 0.1) is 11.4 Å². The molecule has 1 rings (SSSR count). The van der Waals surface area contributed by atoms with Gasteiger partial charge in [0.2, 0.25) is 5.91 Å². The zero-order valence-corrected chi connectivity index (χ0v) is 10.8. The van der Waals surface area contributed by atoms with Crippen LogP contribution in [0.5, 0.6) is 0 Å². The summed E-state index contributed by atoms with van der Waals surface area (Å²) >= 11 is 1.34. The van der Waals surface area contributed by atoms with Crippen LogP contribution in [-0.2, 0) is 4.79 Å². The van der Waals surface area contributed by atoms with Crippen LogP contribution in [0.25, 0.3) is 0 Å². The van der Waals surface area contributed by atoms with E-state index < -0.39 is 17.5 Å². The van der Waals surface area contributed by atoms with Crippen LogP contribution in [0.2, 0.25) is 0 Å². The molecule has 0 spiro atoms. The summed E-state index contributed by atoms with van der Waals surface area (Å²) in [6.45, 7) is 1.92. The van der Waals surface area contributed by atoms with Gasteiger partial charge in [0.1, 0.15) is 11.6 Å². The molecule has 0 aliphatic heterocycles. The van der Waals surface area contributed by atoms with Gasteiger partial charge in [0.25, 0.3) is 0 Å². The van der Waals surface area contributed by atoms with Crippen LogP contribution in [0.3, 0.4) is 0 Å². The van der Waals surface area contributed by atoms with Crippen LogP contribution in [-0.4, -0.2) is 29.1 Å². The zero-order chi connectivity index (χ0) is 13.5. The smallest absolute Gasteiger partial charge is 0.234 e. The third-order valence-corrected chi connectivity index (χ3v) is 3.42. The summed E-state index contributed by atoms with van der Waals surface area (Å²) in [6, 6.07) is 2.89. The first-order chi connectivity index (χ1) is 8.52. The first-order valence-corrected chi connectivity index (χ1v) is 6.62. The van der Waals surface area contributed by atoms with Gasteiger partial charge in [-0.3, -0.25) is 4.79 Å². The molecule has 1 aromatic rings. The van der Waals surface area contributed by atoms with E-state index in [1.54, 1.807) is 0 Å². The molecule has 0 aliphatic carbocycles. The SMILES string of the molecule is CC(CO)CSCC(=O)Nc1cc(F)ccc1F. The van der Waals surface area contributed by atoms with Crippen LogP contribution in [0.4, 0.5) is 14.5 Å². The van der Waals surface area contributed by atoms with E-state index in [1.807, 2.05) is 6.92 Å². The van der Waals surface area contributed by atoms with Gasteiger partial charge >= 0.3 is 0 Å². The summed E-state index contributed by atoms with van der Waals surface area (Å²) in [5.41, 5.74) is -0.157. The highest BCUT2D eigenvalue weighted by atomic mass is 32.2. The zero-order valence-electron chi connectivity index (χ0n) is 9.95. The Morgan fingerprint density at radius 3 is 2.89 bits per heavy atom. The summed E-state index contributed by atoms with van der Waals surface area (Å²) in [4.78, 5) is 11.5. The Bertz CT molecular complexity index is 415. The van der Waals surface area contributed by atoms with Gasteiger partial charge in [-0.25, -0.2) is 8.78 Å². The number of thioether (sulfide) groups is 1. The minimum absolute atomic E-state index is 0.0626. The monoisotopic (exact) mass is 275 g/mol. The maximum Gasteiger partial charge on any atom is 0.234 e. The molecule has 1 aromatic carbocycles. The Labute approximate surface area is 109 Å². The average molecular weight is 275 g/mol. The number of carbonyl (C=O) groups is 1. The second-order valence-electron chi connectivity index (χ2n) is 3.98. The number of hydrogen-bond donors (Lipinski definition) is 2. The first-order valence-electron chi connectivity index (χ1n) is 5.46. The van der Waals surface area contributed by atoms with Crippen molar-refractivity contribution in [1.29, 1.82) is 0 Å². The second kappa shape index (κ2) is 7.33. The number of halogens is 2. The molecular weight excluding hydrogens is 260 g/mol. The summed E-state index contributed by atoms with van der Waals surface area (Å²) in [5, 5.41) is 11.1. The normalized spacial score (nSPS) is 12.2. The Morgan fingerprint density at radius 1 is 1.50 bits per heavy atom. The Morgan fingerprint density at radius 2 is 2.22 bits per heavy atom. The fraction of sp³-hybridized carbons (Fsp3) is 0.417. The Kier molecular flexibility index (Phi) is 6.07. The van der Waals surface area contributed by atoms with Crippen molar-refractivity contribution in [2.45, 2.75) is 6.92 Å². The Hall–Kier alpha value is -1.14. The lowest BCUT2D eigenvalue weighted by molar-refractivity contribution is -0.113. The number of aliphatic hydroxyl groups excluding tert-OH is 1. The fourth-order valence-corrected chi connectivity index (χ4v) is 2.07. The molecule has 6 heteroatoms. The van der Waals surface area contributed by atoms with E-state index in [0.717, 1.165) is 18.2 Å². The van der Waals surface area contributed by atoms with E-state index in [4.69, 9.17) is 5.11 Å². The molecule has 0 heterocycles. The number of hydrogen-bond acceptors (Lipinski definition) is 3. The molecule has 1 amide bonds. The van der Waals surface area contributed by atoms with Crippen LogP contribution < -0.4 is 5.32 Å². The topological polar surface area (TPSA) is 49.3 Å². The lowest BCUT2D eigenvalue weighted by Crippen LogP contribution is -2.16. The summed E-state index contributed by atoms with van der Waals surface area (Å²) in [6.07, 6.45) is 0. The summed E-state index contributed by atoms with van der Waals surface area (Å²) in [7, 11) is 0.